The van der Waals surface area contributed by atoms with E-state index in [1.807, 2.05) is 6.07 Å². The van der Waals surface area contributed by atoms with E-state index in [1.165, 1.54) is 24.6 Å². The minimum absolute atomic E-state index is 0.127. The molecule has 4 aromatic rings. The first kappa shape index (κ1) is 20.8. The van der Waals surface area contributed by atoms with Gasteiger partial charge in [0.2, 0.25) is 5.91 Å². The first-order chi connectivity index (χ1) is 14.9. The van der Waals surface area contributed by atoms with Crippen molar-refractivity contribution in [3.8, 4) is 11.4 Å². The zero-order valence-corrected chi connectivity index (χ0v) is 17.8. The fourth-order valence-electron chi connectivity index (χ4n) is 3.00. The number of aromatic amines is 1. The highest BCUT2D eigenvalue weighted by molar-refractivity contribution is 7.20. The van der Waals surface area contributed by atoms with Gasteiger partial charge in [-0.1, -0.05) is 11.6 Å². The topological polar surface area (TPSA) is 101 Å². The molecule has 0 radical (unpaired) electrons. The number of H-pyrrole nitrogens is 1. The highest BCUT2D eigenvalue weighted by Gasteiger charge is 2.13. The fourth-order valence-corrected chi connectivity index (χ4v) is 4.09. The molecule has 0 atom stereocenters. The lowest BCUT2D eigenvalue weighted by molar-refractivity contribution is -0.115. The Kier molecular flexibility index (Phi) is 5.83. The predicted octanol–water partition coefficient (Wildman–Crippen LogP) is 4.27. The standard InChI is InChI=1S/C22H16ClN3O4S/c1-30-22(29)18-9-13-8-16(6-7-17(13)31-18)25-19(27)10-14-11-24-20(26-21(14)28)12-2-4-15(23)5-3-12/h2-9,11H,10H2,1H3,(H,25,27)(H,24,26,28). The number of halogens is 1. The van der Waals surface area contributed by atoms with Crippen molar-refractivity contribution in [3.63, 3.8) is 0 Å². The second-order valence-electron chi connectivity index (χ2n) is 6.67. The first-order valence-electron chi connectivity index (χ1n) is 9.19. The molecule has 0 aliphatic heterocycles. The molecule has 0 spiro atoms. The third kappa shape index (κ3) is 4.65. The highest BCUT2D eigenvalue weighted by atomic mass is 35.5. The molecule has 0 saturated carbocycles. The molecule has 0 unspecified atom stereocenters. The molecule has 0 saturated heterocycles. The summed E-state index contributed by atoms with van der Waals surface area (Å²) in [7, 11) is 1.33. The number of fused-ring (bicyclic) bond motifs is 1. The first-order valence-corrected chi connectivity index (χ1v) is 10.4. The van der Waals surface area contributed by atoms with E-state index in [-0.39, 0.29) is 23.5 Å². The van der Waals surface area contributed by atoms with Gasteiger partial charge in [0.05, 0.1) is 13.5 Å². The van der Waals surface area contributed by atoms with E-state index in [0.29, 0.717) is 27.0 Å². The van der Waals surface area contributed by atoms with E-state index >= 15 is 0 Å². The minimum Gasteiger partial charge on any atom is -0.465 e. The number of hydrogen-bond donors (Lipinski definition) is 2. The lowest BCUT2D eigenvalue weighted by Gasteiger charge is -2.06. The number of nitrogens with zero attached hydrogens (tertiary/aromatic N) is 1. The molecule has 4 rings (SSSR count). The van der Waals surface area contributed by atoms with Gasteiger partial charge in [-0.15, -0.1) is 11.3 Å². The number of carbonyl (C=O) groups excluding carboxylic acids is 2. The number of thiophene rings is 1. The van der Waals surface area contributed by atoms with E-state index in [1.54, 1.807) is 42.5 Å². The fraction of sp³-hybridized carbons (Fsp3) is 0.0909. The second kappa shape index (κ2) is 8.71. The van der Waals surface area contributed by atoms with Crippen molar-refractivity contribution in [2.24, 2.45) is 0 Å². The molecule has 2 heterocycles. The van der Waals surface area contributed by atoms with Crippen LogP contribution in [-0.4, -0.2) is 29.0 Å². The summed E-state index contributed by atoms with van der Waals surface area (Å²) in [6, 6.07) is 13.9. The summed E-state index contributed by atoms with van der Waals surface area (Å²) in [5.41, 5.74) is 1.15. The summed E-state index contributed by atoms with van der Waals surface area (Å²) in [5.74, 6) is -0.356. The molecule has 0 fully saturated rings. The van der Waals surface area contributed by atoms with Crippen LogP contribution >= 0.6 is 22.9 Å². The molecule has 0 aliphatic rings. The van der Waals surface area contributed by atoms with Gasteiger partial charge >= 0.3 is 5.97 Å². The number of hydrogen-bond acceptors (Lipinski definition) is 6. The number of rotatable bonds is 5. The lowest BCUT2D eigenvalue weighted by atomic mass is 10.2. The largest absolute Gasteiger partial charge is 0.465 e. The van der Waals surface area contributed by atoms with Crippen LogP contribution in [0.25, 0.3) is 21.5 Å². The number of aromatic nitrogens is 2. The maximum Gasteiger partial charge on any atom is 0.348 e. The van der Waals surface area contributed by atoms with E-state index in [4.69, 9.17) is 16.3 Å². The summed E-state index contributed by atoms with van der Waals surface area (Å²) >= 11 is 7.19. The Morgan fingerprint density at radius 1 is 1.16 bits per heavy atom. The van der Waals surface area contributed by atoms with Gasteiger partial charge in [0.15, 0.2) is 0 Å². The van der Waals surface area contributed by atoms with Crippen LogP contribution in [0, 0.1) is 0 Å². The maximum atomic E-state index is 12.4. The molecule has 7 nitrogen and oxygen atoms in total. The lowest BCUT2D eigenvalue weighted by Crippen LogP contribution is -2.22. The smallest absolute Gasteiger partial charge is 0.348 e. The molecule has 9 heteroatoms. The van der Waals surface area contributed by atoms with Crippen LogP contribution in [-0.2, 0) is 16.0 Å². The number of ether oxygens (including phenoxy) is 1. The van der Waals surface area contributed by atoms with Crippen LogP contribution in [0.2, 0.25) is 5.02 Å². The van der Waals surface area contributed by atoms with Crippen LogP contribution < -0.4 is 10.9 Å². The Balaban J connectivity index is 1.47. The monoisotopic (exact) mass is 453 g/mol. The molecular formula is C22H16ClN3O4S. The Bertz CT molecular complexity index is 1350. The third-order valence-corrected chi connectivity index (χ3v) is 5.88. The molecule has 31 heavy (non-hydrogen) atoms. The Morgan fingerprint density at radius 2 is 1.94 bits per heavy atom. The van der Waals surface area contributed by atoms with Gasteiger partial charge in [-0.2, -0.15) is 0 Å². The maximum absolute atomic E-state index is 12.4. The third-order valence-electron chi connectivity index (χ3n) is 4.53. The van der Waals surface area contributed by atoms with Crippen LogP contribution in [0.1, 0.15) is 15.2 Å². The second-order valence-corrected chi connectivity index (χ2v) is 8.19. The summed E-state index contributed by atoms with van der Waals surface area (Å²) in [6.07, 6.45) is 1.27. The predicted molar refractivity (Wildman–Crippen MR) is 121 cm³/mol. The van der Waals surface area contributed by atoms with Crippen molar-refractivity contribution in [2.45, 2.75) is 6.42 Å². The number of methoxy groups -OCH3 is 1. The van der Waals surface area contributed by atoms with Gasteiger partial charge in [0.1, 0.15) is 10.7 Å². The highest BCUT2D eigenvalue weighted by Crippen LogP contribution is 2.28. The van der Waals surface area contributed by atoms with Gasteiger partial charge in [-0.3, -0.25) is 9.59 Å². The van der Waals surface area contributed by atoms with E-state index in [9.17, 15) is 14.4 Å². The van der Waals surface area contributed by atoms with Gasteiger partial charge in [-0.05, 0) is 53.9 Å². The number of benzene rings is 2. The van der Waals surface area contributed by atoms with Crippen LogP contribution in [0.15, 0.2) is 59.5 Å². The van der Waals surface area contributed by atoms with Gasteiger partial charge in [-0.25, -0.2) is 9.78 Å². The molecule has 156 valence electrons. The van der Waals surface area contributed by atoms with Crippen molar-refractivity contribution in [1.29, 1.82) is 0 Å². The molecule has 0 bridgehead atoms. The van der Waals surface area contributed by atoms with E-state index in [2.05, 4.69) is 15.3 Å². The van der Waals surface area contributed by atoms with Crippen molar-refractivity contribution in [1.82, 2.24) is 9.97 Å². The number of nitrogens with one attached hydrogen (secondary N) is 2. The van der Waals surface area contributed by atoms with Crippen molar-refractivity contribution in [3.05, 3.63) is 80.5 Å². The SMILES string of the molecule is COC(=O)c1cc2cc(NC(=O)Cc3cnc(-c4ccc(Cl)cc4)[nH]c3=O)ccc2s1. The Morgan fingerprint density at radius 3 is 2.65 bits per heavy atom. The van der Waals surface area contributed by atoms with Gasteiger partial charge in [0.25, 0.3) is 5.56 Å². The molecular weight excluding hydrogens is 438 g/mol. The average molecular weight is 454 g/mol. The Labute approximate surface area is 185 Å². The average Bonchev–Trinajstić information content (AvgIpc) is 3.18. The number of esters is 1. The molecule has 2 N–H and O–H groups in total. The van der Waals surface area contributed by atoms with Crippen LogP contribution in [0.4, 0.5) is 5.69 Å². The van der Waals surface area contributed by atoms with Crippen LogP contribution in [0.5, 0.6) is 0 Å². The van der Waals surface area contributed by atoms with E-state index < -0.39 is 5.97 Å². The summed E-state index contributed by atoms with van der Waals surface area (Å²) in [6.45, 7) is 0. The van der Waals surface area contributed by atoms with Gasteiger partial charge in [0, 0.05) is 32.7 Å². The minimum atomic E-state index is -0.402. The summed E-state index contributed by atoms with van der Waals surface area (Å²) < 4.78 is 5.64. The van der Waals surface area contributed by atoms with Crippen molar-refractivity contribution >= 4 is 50.6 Å². The number of carbonyl (C=O) groups is 2. The zero-order valence-electron chi connectivity index (χ0n) is 16.3. The van der Waals surface area contributed by atoms with Gasteiger partial charge < -0.3 is 15.0 Å². The zero-order chi connectivity index (χ0) is 22.0. The summed E-state index contributed by atoms with van der Waals surface area (Å²) in [5, 5.41) is 4.17. The van der Waals surface area contributed by atoms with E-state index in [0.717, 1.165) is 10.1 Å². The molecule has 1 amide bonds. The normalized spacial score (nSPS) is 10.8. The van der Waals surface area contributed by atoms with Crippen molar-refractivity contribution < 1.29 is 14.3 Å². The molecule has 2 aromatic heterocycles. The number of amides is 1. The quantitative estimate of drug-likeness (QED) is 0.439. The molecule has 2 aromatic carbocycles. The number of anilines is 1. The van der Waals surface area contributed by atoms with Crippen LogP contribution in [0.3, 0.4) is 0 Å². The van der Waals surface area contributed by atoms with Crippen molar-refractivity contribution in [2.75, 3.05) is 12.4 Å². The molecule has 0 aliphatic carbocycles. The Hall–Kier alpha value is -3.49. The summed E-state index contributed by atoms with van der Waals surface area (Å²) in [4.78, 5) is 43.9.